The van der Waals surface area contributed by atoms with Crippen LogP contribution in [-0.2, 0) is 26.7 Å². The summed E-state index contributed by atoms with van der Waals surface area (Å²) in [5, 5.41) is 1.96. The van der Waals surface area contributed by atoms with Crippen LogP contribution < -0.4 is 5.32 Å². The van der Waals surface area contributed by atoms with Crippen molar-refractivity contribution in [3.8, 4) is 0 Å². The molecular formula is C13H11F6NO3. The minimum Gasteiger partial charge on any atom is -0.467 e. The van der Waals surface area contributed by atoms with Gasteiger partial charge >= 0.3 is 18.3 Å². The molecule has 0 aliphatic carbocycles. The van der Waals surface area contributed by atoms with Crippen LogP contribution in [0.3, 0.4) is 0 Å². The van der Waals surface area contributed by atoms with Gasteiger partial charge in [-0.2, -0.15) is 26.3 Å². The number of ether oxygens (including phenoxy) is 1. The fourth-order valence-electron chi connectivity index (χ4n) is 1.75. The molecule has 23 heavy (non-hydrogen) atoms. The smallest absolute Gasteiger partial charge is 0.416 e. The van der Waals surface area contributed by atoms with Crippen molar-refractivity contribution in [2.24, 2.45) is 0 Å². The third kappa shape index (κ3) is 4.86. The van der Waals surface area contributed by atoms with Gasteiger partial charge < -0.3 is 10.1 Å². The number of hydrogen-bond acceptors (Lipinski definition) is 3. The number of rotatable bonds is 3. The topological polar surface area (TPSA) is 55.4 Å². The van der Waals surface area contributed by atoms with E-state index in [0.717, 1.165) is 14.0 Å². The van der Waals surface area contributed by atoms with E-state index >= 15 is 0 Å². The number of alkyl halides is 6. The molecule has 1 aromatic carbocycles. The highest BCUT2D eigenvalue weighted by Crippen LogP contribution is 2.37. The Labute approximate surface area is 126 Å². The second kappa shape index (κ2) is 6.47. The van der Waals surface area contributed by atoms with E-state index < -0.39 is 47.0 Å². The van der Waals surface area contributed by atoms with Crippen LogP contribution in [0.4, 0.5) is 26.3 Å². The summed E-state index contributed by atoms with van der Waals surface area (Å²) in [6, 6.07) is -1.16. The van der Waals surface area contributed by atoms with Crippen molar-refractivity contribution in [2.45, 2.75) is 25.3 Å². The van der Waals surface area contributed by atoms with Crippen LogP contribution >= 0.6 is 0 Å². The molecule has 1 atom stereocenters. The highest BCUT2D eigenvalue weighted by Gasteiger charge is 2.38. The predicted octanol–water partition coefficient (Wildman–Crippen LogP) is 3.07. The summed E-state index contributed by atoms with van der Waals surface area (Å²) >= 11 is 0. The molecule has 0 unspecified atom stereocenters. The number of carbonyl (C=O) groups excluding carboxylic acids is 2. The highest BCUT2D eigenvalue weighted by molar-refractivity contribution is 5.84. The van der Waals surface area contributed by atoms with Gasteiger partial charge in [-0.3, -0.25) is 4.79 Å². The van der Waals surface area contributed by atoms with E-state index in [1.807, 2.05) is 5.32 Å². The van der Waals surface area contributed by atoms with Crippen molar-refractivity contribution in [1.82, 2.24) is 5.32 Å². The zero-order valence-electron chi connectivity index (χ0n) is 11.8. The van der Waals surface area contributed by atoms with Crippen LogP contribution in [0.1, 0.15) is 29.7 Å². The summed E-state index contributed by atoms with van der Waals surface area (Å²) in [6.45, 7) is 0.953. The van der Waals surface area contributed by atoms with Gasteiger partial charge in [0, 0.05) is 6.92 Å². The molecule has 0 saturated carbocycles. The molecule has 1 amide bonds. The van der Waals surface area contributed by atoms with Crippen LogP contribution in [0, 0.1) is 0 Å². The molecule has 0 fully saturated rings. The fraction of sp³-hybridized carbons (Fsp3) is 0.385. The first kappa shape index (κ1) is 18.8. The fourth-order valence-corrected chi connectivity index (χ4v) is 1.75. The number of carbonyl (C=O) groups is 2. The van der Waals surface area contributed by atoms with Crippen molar-refractivity contribution in [3.05, 3.63) is 34.9 Å². The van der Waals surface area contributed by atoms with Gasteiger partial charge in [-0.15, -0.1) is 0 Å². The lowest BCUT2D eigenvalue weighted by atomic mass is 9.99. The summed E-state index contributed by atoms with van der Waals surface area (Å²) in [7, 11) is 0.884. The molecule has 0 aromatic heterocycles. The van der Waals surface area contributed by atoms with Gasteiger partial charge in [0.25, 0.3) is 0 Å². The number of nitrogens with one attached hydrogen (secondary N) is 1. The first-order chi connectivity index (χ1) is 10.4. The second-order valence-electron chi connectivity index (χ2n) is 4.50. The minimum atomic E-state index is -5.06. The Balaban J connectivity index is 3.53. The highest BCUT2D eigenvalue weighted by atomic mass is 19.4. The molecule has 128 valence electrons. The van der Waals surface area contributed by atoms with Crippen molar-refractivity contribution in [3.63, 3.8) is 0 Å². The molecule has 4 nitrogen and oxygen atoms in total. The zero-order valence-corrected chi connectivity index (χ0v) is 11.8. The SMILES string of the molecule is COC(=O)[C@H](NC(C)=O)c1cc(C(F)(F)F)cc(C(F)(F)F)c1. The van der Waals surface area contributed by atoms with E-state index in [0.29, 0.717) is 12.1 Å². The van der Waals surface area contributed by atoms with E-state index in [2.05, 4.69) is 4.74 Å². The summed E-state index contributed by atoms with van der Waals surface area (Å²) in [6.07, 6.45) is -10.1. The van der Waals surface area contributed by atoms with Crippen molar-refractivity contribution in [2.75, 3.05) is 7.11 Å². The van der Waals surface area contributed by atoms with Gasteiger partial charge in [0.2, 0.25) is 5.91 Å². The Bertz CT molecular complexity index is 576. The van der Waals surface area contributed by atoms with Crippen LogP contribution in [0.5, 0.6) is 0 Å². The first-order valence-electron chi connectivity index (χ1n) is 6.00. The maximum atomic E-state index is 12.8. The van der Waals surface area contributed by atoms with Crippen LogP contribution in [0.2, 0.25) is 0 Å². The molecule has 0 aliphatic heterocycles. The average molecular weight is 343 g/mol. The first-order valence-corrected chi connectivity index (χ1v) is 6.00. The number of amides is 1. The average Bonchev–Trinajstić information content (AvgIpc) is 2.41. The molecule has 1 N–H and O–H groups in total. The summed E-state index contributed by atoms with van der Waals surface area (Å²) in [4.78, 5) is 22.6. The quantitative estimate of drug-likeness (QED) is 0.678. The molecular weight excluding hydrogens is 332 g/mol. The van der Waals surface area contributed by atoms with Crippen molar-refractivity contribution in [1.29, 1.82) is 0 Å². The lowest BCUT2D eigenvalue weighted by molar-refractivity contribution is -0.146. The van der Waals surface area contributed by atoms with Crippen molar-refractivity contribution >= 4 is 11.9 Å². The summed E-state index contributed by atoms with van der Waals surface area (Å²) < 4.78 is 80.9. The van der Waals surface area contributed by atoms with E-state index in [-0.39, 0.29) is 6.07 Å². The number of hydrogen-bond donors (Lipinski definition) is 1. The van der Waals surface area contributed by atoms with Crippen LogP contribution in [-0.4, -0.2) is 19.0 Å². The monoisotopic (exact) mass is 343 g/mol. The molecule has 0 spiro atoms. The maximum Gasteiger partial charge on any atom is 0.416 e. The number of halogens is 6. The third-order valence-corrected chi connectivity index (χ3v) is 2.73. The van der Waals surface area contributed by atoms with Crippen molar-refractivity contribution < 1.29 is 40.7 Å². The Hall–Kier alpha value is -2.26. The summed E-state index contributed by atoms with van der Waals surface area (Å²) in [5.41, 5.74) is -3.88. The zero-order chi connectivity index (χ0) is 18.0. The number of esters is 1. The Morgan fingerprint density at radius 1 is 1.00 bits per heavy atom. The molecule has 0 heterocycles. The van der Waals surface area contributed by atoms with Gasteiger partial charge in [0.15, 0.2) is 6.04 Å². The van der Waals surface area contributed by atoms with Gasteiger partial charge in [-0.05, 0) is 23.8 Å². The van der Waals surface area contributed by atoms with Gasteiger partial charge in [-0.1, -0.05) is 0 Å². The molecule has 0 aliphatic rings. The van der Waals surface area contributed by atoms with Gasteiger partial charge in [0.05, 0.1) is 18.2 Å². The van der Waals surface area contributed by atoms with E-state index in [4.69, 9.17) is 0 Å². The van der Waals surface area contributed by atoms with Crippen LogP contribution in [0.15, 0.2) is 18.2 Å². The molecule has 0 bridgehead atoms. The van der Waals surface area contributed by atoms with Crippen LogP contribution in [0.25, 0.3) is 0 Å². The molecule has 1 rings (SSSR count). The second-order valence-corrected chi connectivity index (χ2v) is 4.50. The minimum absolute atomic E-state index is 0.0778. The van der Waals surface area contributed by atoms with E-state index in [1.165, 1.54) is 0 Å². The molecule has 0 saturated heterocycles. The van der Waals surface area contributed by atoms with Gasteiger partial charge in [-0.25, -0.2) is 4.79 Å². The lowest BCUT2D eigenvalue weighted by Crippen LogP contribution is -2.33. The van der Waals surface area contributed by atoms with Gasteiger partial charge in [0.1, 0.15) is 0 Å². The Morgan fingerprint density at radius 2 is 1.43 bits per heavy atom. The standard InChI is InChI=1S/C13H11F6NO3/c1-6(21)20-10(11(22)23-2)7-3-8(12(14,15)16)5-9(4-7)13(17,18)19/h3-5,10H,1-2H3,(H,20,21)/t10-/m1/s1. The predicted molar refractivity (Wildman–Crippen MR) is 65.0 cm³/mol. The maximum absolute atomic E-state index is 12.8. The Morgan fingerprint density at radius 3 is 1.74 bits per heavy atom. The largest absolute Gasteiger partial charge is 0.467 e. The van der Waals surface area contributed by atoms with E-state index in [9.17, 15) is 35.9 Å². The number of methoxy groups -OCH3 is 1. The van der Waals surface area contributed by atoms with E-state index in [1.54, 1.807) is 0 Å². The summed E-state index contributed by atoms with van der Waals surface area (Å²) in [5.74, 6) is -2.03. The third-order valence-electron chi connectivity index (χ3n) is 2.73. The molecule has 10 heteroatoms. The molecule has 0 radical (unpaired) electrons. The molecule has 1 aromatic rings. The lowest BCUT2D eigenvalue weighted by Gasteiger charge is -2.19. The number of benzene rings is 1. The normalized spacial score (nSPS) is 13.4. The Kier molecular flexibility index (Phi) is 5.28.